The molecule has 1 aliphatic heterocycles. The molecule has 0 atom stereocenters. The molecule has 2 aromatic carbocycles. The van der Waals surface area contributed by atoms with Gasteiger partial charge in [0, 0.05) is 19.2 Å². The second-order valence-corrected chi connectivity index (χ2v) is 5.99. The van der Waals surface area contributed by atoms with Gasteiger partial charge in [0.25, 0.3) is 5.91 Å². The van der Waals surface area contributed by atoms with Gasteiger partial charge in [-0.2, -0.15) is 0 Å². The smallest absolute Gasteiger partial charge is 0.264 e. The fourth-order valence-corrected chi connectivity index (χ4v) is 2.54. The molecule has 0 unspecified atom stereocenters. The zero-order valence-electron chi connectivity index (χ0n) is 14.3. The first-order valence-electron chi connectivity index (χ1n) is 8.09. The molecule has 0 aliphatic carbocycles. The quantitative estimate of drug-likeness (QED) is 0.931. The lowest BCUT2D eigenvalue weighted by Gasteiger charge is -2.26. The van der Waals surface area contributed by atoms with Crippen LogP contribution < -0.4 is 15.0 Å². The number of hydrogen-bond acceptors (Lipinski definition) is 3. The Morgan fingerprint density at radius 1 is 1.24 bits per heavy atom. The average Bonchev–Trinajstić information content (AvgIpc) is 2.60. The third-order valence-corrected chi connectivity index (χ3v) is 4.02. The highest BCUT2D eigenvalue weighted by Crippen LogP contribution is 2.33. The summed E-state index contributed by atoms with van der Waals surface area (Å²) < 4.78 is 5.37. The molecule has 2 amide bonds. The average molecular weight is 336 g/mol. The monoisotopic (exact) mass is 336 g/mol. The molecule has 1 aliphatic rings. The van der Waals surface area contributed by atoms with Crippen LogP contribution in [0.15, 0.2) is 48.5 Å². The maximum Gasteiger partial charge on any atom is 0.264 e. The predicted octanol–water partition coefficient (Wildman–Crippen LogP) is 3.39. The molecule has 0 bridgehead atoms. The van der Waals surface area contributed by atoms with Crippen LogP contribution in [0.4, 0.5) is 11.4 Å². The van der Waals surface area contributed by atoms with Crippen molar-refractivity contribution in [2.24, 2.45) is 0 Å². The number of carbonyl (C=O) groups is 2. The highest BCUT2D eigenvalue weighted by molar-refractivity contribution is 5.99. The molecule has 1 N–H and O–H groups in total. The number of carbonyl (C=O) groups excluding carboxylic acids is 2. The van der Waals surface area contributed by atoms with E-state index in [2.05, 4.69) is 5.32 Å². The van der Waals surface area contributed by atoms with E-state index in [0.717, 1.165) is 5.56 Å². The Hall–Kier alpha value is -3.08. The van der Waals surface area contributed by atoms with Crippen LogP contribution in [-0.4, -0.2) is 25.5 Å². The van der Waals surface area contributed by atoms with Crippen LogP contribution in [0.25, 0.3) is 6.08 Å². The number of fused-ring (bicyclic) bond motifs is 1. The van der Waals surface area contributed by atoms with Crippen LogP contribution in [0.3, 0.4) is 0 Å². The molecule has 5 nitrogen and oxygen atoms in total. The first-order valence-corrected chi connectivity index (χ1v) is 8.09. The number of likely N-dealkylation sites (N-methyl/N-ethyl adjacent to an activating group) is 1. The largest absolute Gasteiger partial charge is 0.482 e. The summed E-state index contributed by atoms with van der Waals surface area (Å²) in [7, 11) is 1.69. The van der Waals surface area contributed by atoms with Crippen LogP contribution in [0.2, 0.25) is 0 Å². The third-order valence-electron chi connectivity index (χ3n) is 4.02. The van der Waals surface area contributed by atoms with E-state index in [4.69, 9.17) is 4.74 Å². The number of rotatable bonds is 4. The summed E-state index contributed by atoms with van der Waals surface area (Å²) in [4.78, 5) is 25.3. The summed E-state index contributed by atoms with van der Waals surface area (Å²) in [5.41, 5.74) is 3.56. The Morgan fingerprint density at radius 3 is 2.76 bits per heavy atom. The molecular weight excluding hydrogens is 316 g/mol. The van der Waals surface area contributed by atoms with Crippen LogP contribution in [0.5, 0.6) is 5.75 Å². The second kappa shape index (κ2) is 7.21. The minimum atomic E-state index is -0.117. The Morgan fingerprint density at radius 2 is 2.00 bits per heavy atom. The summed E-state index contributed by atoms with van der Waals surface area (Å²) in [5, 5.41) is 2.84. The number of benzene rings is 2. The summed E-state index contributed by atoms with van der Waals surface area (Å²) in [5.74, 6) is 0.408. The highest BCUT2D eigenvalue weighted by Gasteiger charge is 2.22. The first kappa shape index (κ1) is 16.8. The number of anilines is 2. The van der Waals surface area contributed by atoms with Gasteiger partial charge in [0.2, 0.25) is 5.91 Å². The minimum absolute atomic E-state index is 0.0407. The molecule has 25 heavy (non-hydrogen) atoms. The van der Waals surface area contributed by atoms with Gasteiger partial charge in [-0.1, -0.05) is 42.0 Å². The summed E-state index contributed by atoms with van der Waals surface area (Å²) >= 11 is 0. The van der Waals surface area contributed by atoms with E-state index >= 15 is 0 Å². The molecular formula is C20H20N2O3. The molecule has 0 radical (unpaired) electrons. The molecule has 128 valence electrons. The van der Waals surface area contributed by atoms with Crippen molar-refractivity contribution in [1.29, 1.82) is 0 Å². The molecule has 2 aromatic rings. The van der Waals surface area contributed by atoms with Gasteiger partial charge in [-0.15, -0.1) is 0 Å². The Bertz CT molecular complexity index is 825. The van der Waals surface area contributed by atoms with Crippen molar-refractivity contribution in [2.45, 2.75) is 13.3 Å². The molecule has 0 aromatic heterocycles. The van der Waals surface area contributed by atoms with Gasteiger partial charge in [-0.05, 0) is 30.7 Å². The van der Waals surface area contributed by atoms with Gasteiger partial charge in [-0.3, -0.25) is 9.59 Å². The Balaban J connectivity index is 1.61. The van der Waals surface area contributed by atoms with E-state index in [1.54, 1.807) is 25.2 Å². The van der Waals surface area contributed by atoms with Gasteiger partial charge in [-0.25, -0.2) is 0 Å². The Kier molecular flexibility index (Phi) is 4.84. The van der Waals surface area contributed by atoms with Crippen molar-refractivity contribution in [2.75, 3.05) is 23.9 Å². The molecule has 5 heteroatoms. The van der Waals surface area contributed by atoms with E-state index in [1.807, 2.05) is 43.3 Å². The van der Waals surface area contributed by atoms with E-state index in [1.165, 1.54) is 10.5 Å². The van der Waals surface area contributed by atoms with Crippen molar-refractivity contribution in [3.8, 4) is 5.75 Å². The summed E-state index contributed by atoms with van der Waals surface area (Å²) in [6, 6.07) is 13.4. The van der Waals surface area contributed by atoms with E-state index in [9.17, 15) is 9.59 Å². The number of ether oxygens (including phenoxy) is 1. The lowest BCUT2D eigenvalue weighted by atomic mass is 10.1. The predicted molar refractivity (Wildman–Crippen MR) is 98.8 cm³/mol. The maximum absolute atomic E-state index is 12.1. The van der Waals surface area contributed by atoms with E-state index in [0.29, 0.717) is 17.1 Å². The fourth-order valence-electron chi connectivity index (χ4n) is 2.54. The number of amides is 2. The normalized spacial score (nSPS) is 13.5. The molecule has 0 saturated carbocycles. The maximum atomic E-state index is 12.1. The number of aryl methyl sites for hydroxylation is 1. The zero-order valence-corrected chi connectivity index (χ0v) is 14.3. The van der Waals surface area contributed by atoms with Crippen LogP contribution >= 0.6 is 0 Å². The van der Waals surface area contributed by atoms with Gasteiger partial charge in [0.15, 0.2) is 6.61 Å². The Labute approximate surface area is 146 Å². The summed E-state index contributed by atoms with van der Waals surface area (Å²) in [6.45, 7) is 2.08. The van der Waals surface area contributed by atoms with Gasteiger partial charge >= 0.3 is 0 Å². The highest BCUT2D eigenvalue weighted by atomic mass is 16.5. The topological polar surface area (TPSA) is 58.6 Å². The lowest BCUT2D eigenvalue weighted by molar-refractivity contribution is -0.121. The zero-order chi connectivity index (χ0) is 17.8. The van der Waals surface area contributed by atoms with Crippen molar-refractivity contribution < 1.29 is 14.3 Å². The van der Waals surface area contributed by atoms with Crippen molar-refractivity contribution >= 4 is 29.3 Å². The van der Waals surface area contributed by atoms with Crippen molar-refractivity contribution in [3.63, 3.8) is 0 Å². The van der Waals surface area contributed by atoms with Gasteiger partial charge in [0.05, 0.1) is 5.69 Å². The van der Waals surface area contributed by atoms with E-state index in [-0.39, 0.29) is 24.8 Å². The van der Waals surface area contributed by atoms with Crippen LogP contribution in [0, 0.1) is 6.92 Å². The SMILES string of the molecule is Cc1ccc(/C=C/CC(=O)Nc2ccc3c(c2)N(C)C(=O)CO3)cc1. The van der Waals surface area contributed by atoms with Crippen LogP contribution in [0.1, 0.15) is 17.5 Å². The molecule has 0 saturated heterocycles. The number of nitrogens with zero attached hydrogens (tertiary/aromatic N) is 1. The molecule has 1 heterocycles. The first-order chi connectivity index (χ1) is 12.0. The molecule has 3 rings (SSSR count). The second-order valence-electron chi connectivity index (χ2n) is 5.99. The van der Waals surface area contributed by atoms with Crippen molar-refractivity contribution in [3.05, 3.63) is 59.7 Å². The fraction of sp³-hybridized carbons (Fsp3) is 0.200. The van der Waals surface area contributed by atoms with Crippen LogP contribution in [-0.2, 0) is 9.59 Å². The number of hydrogen-bond donors (Lipinski definition) is 1. The summed E-state index contributed by atoms with van der Waals surface area (Å²) in [6.07, 6.45) is 4.03. The standard InChI is InChI=1S/C20H20N2O3/c1-14-6-8-15(9-7-14)4-3-5-19(23)21-16-10-11-18-17(12-16)22(2)20(24)13-25-18/h3-4,6-12H,5,13H2,1-2H3,(H,21,23)/b4-3+. The van der Waals surface area contributed by atoms with E-state index < -0.39 is 0 Å². The minimum Gasteiger partial charge on any atom is -0.482 e. The number of nitrogens with one attached hydrogen (secondary N) is 1. The molecule has 0 spiro atoms. The van der Waals surface area contributed by atoms with Gasteiger partial charge < -0.3 is 15.0 Å². The van der Waals surface area contributed by atoms with Crippen molar-refractivity contribution in [1.82, 2.24) is 0 Å². The lowest BCUT2D eigenvalue weighted by Crippen LogP contribution is -2.35. The molecule has 0 fully saturated rings. The third kappa shape index (κ3) is 4.07. The van der Waals surface area contributed by atoms with Gasteiger partial charge in [0.1, 0.15) is 5.75 Å².